The van der Waals surface area contributed by atoms with Crippen molar-refractivity contribution in [3.8, 4) is 0 Å². The van der Waals surface area contributed by atoms with E-state index in [-0.39, 0.29) is 6.17 Å². The summed E-state index contributed by atoms with van der Waals surface area (Å²) in [6.07, 6.45) is -0.659. The van der Waals surface area contributed by atoms with Gasteiger partial charge >= 0.3 is 0 Å². The van der Waals surface area contributed by atoms with Gasteiger partial charge in [0.25, 0.3) is 0 Å². The van der Waals surface area contributed by atoms with Crippen LogP contribution in [0.2, 0.25) is 0 Å². The number of nitrogens with zero attached hydrogens (tertiary/aromatic N) is 7. The lowest BCUT2D eigenvalue weighted by atomic mass is 9.99. The van der Waals surface area contributed by atoms with Crippen LogP contribution in [-0.4, -0.2) is 47.0 Å². The summed E-state index contributed by atoms with van der Waals surface area (Å²) >= 11 is 0. The molecule has 0 saturated heterocycles. The van der Waals surface area contributed by atoms with Crippen LogP contribution in [0.5, 0.6) is 0 Å². The number of aliphatic imine (C=N–C) groups is 6. The van der Waals surface area contributed by atoms with E-state index < -0.39 is 6.17 Å². The van der Waals surface area contributed by atoms with Crippen molar-refractivity contribution in [2.45, 2.75) is 40.0 Å². The largest absolute Gasteiger partial charge is 0.346 e. The van der Waals surface area contributed by atoms with Gasteiger partial charge < -0.3 is 10.2 Å². The Balaban J connectivity index is 1.34. The summed E-state index contributed by atoms with van der Waals surface area (Å²) in [4.78, 5) is 33.0. The molecule has 4 aromatic rings. The first-order valence-electron chi connectivity index (χ1n) is 15.3. The lowest BCUT2D eigenvalue weighted by Crippen LogP contribution is -2.38. The average Bonchev–Trinajstić information content (AvgIpc) is 3.77. The molecule has 5 aliphatic heterocycles. The summed E-state index contributed by atoms with van der Waals surface area (Å²) in [7, 11) is 2.08. The molecule has 9 rings (SSSR count). The van der Waals surface area contributed by atoms with E-state index in [0.717, 1.165) is 56.2 Å². The number of rotatable bonds is 0. The second kappa shape index (κ2) is 9.25. The van der Waals surface area contributed by atoms with Crippen LogP contribution in [0.15, 0.2) is 103 Å². The van der Waals surface area contributed by atoms with E-state index in [9.17, 15) is 0 Å². The lowest BCUT2D eigenvalue weighted by Gasteiger charge is -2.28. The third-order valence-corrected chi connectivity index (χ3v) is 9.56. The number of nitrogens with one attached hydrogen (secondary N) is 1. The van der Waals surface area contributed by atoms with Gasteiger partial charge in [0.1, 0.15) is 17.8 Å². The topological polar surface area (TPSA) is 89.4 Å². The molecule has 0 fully saturated rings. The van der Waals surface area contributed by atoms with Crippen LogP contribution < -0.4 is 5.32 Å². The van der Waals surface area contributed by atoms with E-state index in [0.29, 0.717) is 23.3 Å². The molecule has 0 amide bonds. The molecule has 0 saturated carbocycles. The van der Waals surface area contributed by atoms with E-state index in [4.69, 9.17) is 30.0 Å². The molecule has 8 nitrogen and oxygen atoms in total. The normalized spacial score (nSPS) is 23.6. The van der Waals surface area contributed by atoms with Crippen molar-refractivity contribution in [3.05, 3.63) is 140 Å². The SMILES string of the molecule is Cc1cc2c(cc1C)C1N=C2/N=C2N=C(/N=C3\NC(c4cc(C)c(C)cc43)N(C)C3=N/C(=N\1)c1ccccc13)c1ccccc1\2. The minimum atomic E-state index is -0.469. The van der Waals surface area contributed by atoms with E-state index in [1.54, 1.807) is 0 Å². The summed E-state index contributed by atoms with van der Waals surface area (Å²) < 4.78 is 0. The van der Waals surface area contributed by atoms with Crippen LogP contribution in [0.3, 0.4) is 0 Å². The number of fused-ring (bicyclic) bond motifs is 17. The van der Waals surface area contributed by atoms with Crippen molar-refractivity contribution in [1.29, 1.82) is 0 Å². The molecule has 0 aliphatic carbocycles. The van der Waals surface area contributed by atoms with Gasteiger partial charge in [-0.05, 0) is 62.1 Å². The predicted octanol–water partition coefficient (Wildman–Crippen LogP) is 6.09. The number of amidine groups is 6. The first kappa shape index (κ1) is 25.9. The lowest BCUT2D eigenvalue weighted by molar-refractivity contribution is 0.363. The highest BCUT2D eigenvalue weighted by Crippen LogP contribution is 2.38. The summed E-state index contributed by atoms with van der Waals surface area (Å²) in [6.45, 7) is 8.54. The summed E-state index contributed by atoms with van der Waals surface area (Å²) in [5.74, 6) is 4.16. The second-order valence-electron chi connectivity index (χ2n) is 12.3. The van der Waals surface area contributed by atoms with Crippen LogP contribution >= 0.6 is 0 Å². The van der Waals surface area contributed by atoms with E-state index >= 15 is 0 Å². The predicted molar refractivity (Wildman–Crippen MR) is 180 cm³/mol. The minimum Gasteiger partial charge on any atom is -0.346 e. The Labute approximate surface area is 261 Å². The summed E-state index contributed by atoms with van der Waals surface area (Å²) in [5, 5.41) is 3.74. The smallest absolute Gasteiger partial charge is 0.170 e. The Hall–Kier alpha value is -5.50. The van der Waals surface area contributed by atoms with Gasteiger partial charge in [0, 0.05) is 51.6 Å². The van der Waals surface area contributed by atoms with Gasteiger partial charge in [-0.2, -0.15) is 0 Å². The maximum atomic E-state index is 5.22. The molecule has 8 bridgehead atoms. The molecular weight excluding hydrogens is 556 g/mol. The zero-order valence-electron chi connectivity index (χ0n) is 25.7. The average molecular weight is 587 g/mol. The quantitative estimate of drug-likeness (QED) is 0.270. The van der Waals surface area contributed by atoms with Crippen LogP contribution in [0, 0.1) is 27.7 Å². The number of benzene rings is 4. The van der Waals surface area contributed by atoms with Gasteiger partial charge in [-0.3, -0.25) is 0 Å². The maximum Gasteiger partial charge on any atom is 0.170 e. The van der Waals surface area contributed by atoms with Crippen molar-refractivity contribution >= 4 is 35.0 Å². The molecule has 5 aliphatic rings. The molecule has 5 heterocycles. The summed E-state index contributed by atoms with van der Waals surface area (Å²) in [6, 6.07) is 25.3. The molecule has 0 radical (unpaired) electrons. The van der Waals surface area contributed by atoms with Gasteiger partial charge in [0.2, 0.25) is 0 Å². The van der Waals surface area contributed by atoms with Gasteiger partial charge in [0.15, 0.2) is 29.5 Å². The zero-order chi connectivity index (χ0) is 30.6. The Morgan fingerprint density at radius 1 is 0.533 bits per heavy atom. The van der Waals surface area contributed by atoms with Crippen LogP contribution in [0.1, 0.15) is 79.1 Å². The summed E-state index contributed by atoms with van der Waals surface area (Å²) in [5.41, 5.74) is 13.0. The fraction of sp³-hybridized carbons (Fsp3) is 0.189. The number of aryl methyl sites for hydroxylation is 4. The Morgan fingerprint density at radius 2 is 1.04 bits per heavy atom. The Bertz CT molecular complexity index is 2210. The first-order valence-corrected chi connectivity index (χ1v) is 15.3. The number of hydrogen-bond acceptors (Lipinski definition) is 8. The molecule has 0 aromatic heterocycles. The molecule has 218 valence electrons. The van der Waals surface area contributed by atoms with Crippen molar-refractivity contribution in [2.24, 2.45) is 30.0 Å². The van der Waals surface area contributed by atoms with Gasteiger partial charge in [0.05, 0.1) is 0 Å². The maximum absolute atomic E-state index is 5.22. The highest BCUT2D eigenvalue weighted by atomic mass is 15.3. The van der Waals surface area contributed by atoms with Crippen molar-refractivity contribution in [1.82, 2.24) is 10.2 Å². The fourth-order valence-corrected chi connectivity index (χ4v) is 6.81. The standard InChI is InChI=1S/C37H30N8/c1-18-14-26-27(15-19(18)2)34-41-32-24-12-8-9-13-25(24)36(43-32)45(5)37-29-17-21(4)20(3)16-28(29)35(44-37)40-31-23-11-7-6-10-22(23)30(38-31)39-33(26)42-34/h6-17,34,37H,1-5H3,(H,38,39,40,42,44)/b41-32-. The Kier molecular flexibility index (Phi) is 5.33. The zero-order valence-corrected chi connectivity index (χ0v) is 25.7. The first-order chi connectivity index (χ1) is 21.8. The molecule has 8 heteroatoms. The molecule has 0 spiro atoms. The highest BCUT2D eigenvalue weighted by molar-refractivity contribution is 6.28. The van der Waals surface area contributed by atoms with Crippen molar-refractivity contribution in [2.75, 3.05) is 7.05 Å². The third kappa shape index (κ3) is 3.78. The molecule has 45 heavy (non-hydrogen) atoms. The van der Waals surface area contributed by atoms with Gasteiger partial charge in [-0.15, -0.1) is 0 Å². The van der Waals surface area contributed by atoms with Gasteiger partial charge in [-0.1, -0.05) is 60.7 Å². The molecule has 4 aromatic carbocycles. The van der Waals surface area contributed by atoms with Crippen LogP contribution in [0.25, 0.3) is 0 Å². The monoisotopic (exact) mass is 586 g/mol. The Morgan fingerprint density at radius 3 is 1.73 bits per heavy atom. The molecule has 2 atom stereocenters. The second-order valence-corrected chi connectivity index (χ2v) is 12.3. The van der Waals surface area contributed by atoms with Gasteiger partial charge in [-0.25, -0.2) is 30.0 Å². The van der Waals surface area contributed by atoms with E-state index in [1.165, 1.54) is 22.3 Å². The van der Waals surface area contributed by atoms with E-state index in [1.807, 2.05) is 18.2 Å². The minimum absolute atomic E-state index is 0.190. The molecule has 1 N–H and O–H groups in total. The number of hydrogen-bond donors (Lipinski definition) is 1. The highest BCUT2D eigenvalue weighted by Gasteiger charge is 2.37. The third-order valence-electron chi connectivity index (χ3n) is 9.56. The van der Waals surface area contributed by atoms with Crippen LogP contribution in [0.4, 0.5) is 0 Å². The van der Waals surface area contributed by atoms with Crippen LogP contribution in [-0.2, 0) is 0 Å². The van der Waals surface area contributed by atoms with Crippen molar-refractivity contribution in [3.63, 3.8) is 0 Å². The van der Waals surface area contributed by atoms with Crippen molar-refractivity contribution < 1.29 is 0 Å². The molecule has 2 unspecified atom stereocenters. The van der Waals surface area contributed by atoms with E-state index in [2.05, 4.69) is 99.6 Å². The fourth-order valence-electron chi connectivity index (χ4n) is 6.81. The molecular formula is C37H30N8.